The van der Waals surface area contributed by atoms with E-state index < -0.39 is 0 Å². The molecular formula is C21H22ClNO2. The molecule has 1 saturated carbocycles. The Labute approximate surface area is 153 Å². The summed E-state index contributed by atoms with van der Waals surface area (Å²) in [6.07, 6.45) is 4.40. The van der Waals surface area contributed by atoms with Crippen molar-refractivity contribution in [2.45, 2.75) is 31.7 Å². The molecule has 0 bridgehead atoms. The van der Waals surface area contributed by atoms with Crippen molar-refractivity contribution in [3.05, 3.63) is 59.1 Å². The van der Waals surface area contributed by atoms with Crippen LogP contribution in [0.4, 0.5) is 0 Å². The maximum absolute atomic E-state index is 12.6. The number of hydrogen-bond donors (Lipinski definition) is 1. The molecule has 0 radical (unpaired) electrons. The molecule has 2 aromatic rings. The molecule has 4 rings (SSSR count). The van der Waals surface area contributed by atoms with Gasteiger partial charge in [-0.1, -0.05) is 35.9 Å². The third-order valence-corrected chi connectivity index (χ3v) is 6.00. The number of benzene rings is 2. The number of hydrogen-bond acceptors (Lipinski definition) is 2. The van der Waals surface area contributed by atoms with E-state index in [1.54, 1.807) is 0 Å². The molecule has 1 aliphatic carbocycles. The summed E-state index contributed by atoms with van der Waals surface area (Å²) in [7, 11) is 0. The fourth-order valence-electron chi connectivity index (χ4n) is 4.02. The van der Waals surface area contributed by atoms with Gasteiger partial charge in [-0.3, -0.25) is 4.79 Å². The summed E-state index contributed by atoms with van der Waals surface area (Å²) >= 11 is 6.05. The van der Waals surface area contributed by atoms with Gasteiger partial charge in [0.1, 0.15) is 0 Å². The van der Waals surface area contributed by atoms with Crippen molar-refractivity contribution in [2.24, 2.45) is 5.41 Å². The van der Waals surface area contributed by atoms with Gasteiger partial charge in [0.15, 0.2) is 0 Å². The van der Waals surface area contributed by atoms with E-state index in [1.807, 2.05) is 48.5 Å². The molecular weight excluding hydrogens is 334 g/mol. The Morgan fingerprint density at radius 3 is 2.44 bits per heavy atom. The lowest BCUT2D eigenvalue weighted by molar-refractivity contribution is -0.0523. The smallest absolute Gasteiger partial charge is 0.251 e. The van der Waals surface area contributed by atoms with Gasteiger partial charge < -0.3 is 10.1 Å². The number of amides is 1. The monoisotopic (exact) mass is 355 g/mol. The minimum absolute atomic E-state index is 0.0215. The highest BCUT2D eigenvalue weighted by molar-refractivity contribution is 6.30. The van der Waals surface area contributed by atoms with Crippen molar-refractivity contribution in [3.8, 4) is 11.1 Å². The molecule has 1 amide bonds. The molecule has 130 valence electrons. The summed E-state index contributed by atoms with van der Waals surface area (Å²) in [5, 5.41) is 3.96. The number of halogens is 1. The van der Waals surface area contributed by atoms with Crippen molar-refractivity contribution in [3.63, 3.8) is 0 Å². The molecule has 3 nitrogen and oxygen atoms in total. The second kappa shape index (κ2) is 6.81. The maximum Gasteiger partial charge on any atom is 0.251 e. The first-order valence-corrected chi connectivity index (χ1v) is 9.29. The van der Waals surface area contributed by atoms with Gasteiger partial charge in [0, 0.05) is 29.8 Å². The van der Waals surface area contributed by atoms with Crippen LogP contribution in [0.25, 0.3) is 11.1 Å². The van der Waals surface area contributed by atoms with Gasteiger partial charge in [0.25, 0.3) is 5.91 Å². The summed E-state index contributed by atoms with van der Waals surface area (Å²) in [5.74, 6) is 0.0215. The lowest BCUT2D eigenvalue weighted by atomic mass is 9.60. The Morgan fingerprint density at radius 1 is 1.04 bits per heavy atom. The van der Waals surface area contributed by atoms with Crippen LogP contribution < -0.4 is 5.32 Å². The Hall–Kier alpha value is -1.84. The average Bonchev–Trinajstić information content (AvgIpc) is 2.66. The van der Waals surface area contributed by atoms with Crippen LogP contribution in [-0.4, -0.2) is 25.2 Å². The Morgan fingerprint density at radius 2 is 1.80 bits per heavy atom. The summed E-state index contributed by atoms with van der Waals surface area (Å²) in [6, 6.07) is 15.8. The van der Waals surface area contributed by atoms with Crippen LogP contribution >= 0.6 is 11.6 Å². The van der Waals surface area contributed by atoms with Gasteiger partial charge in [0.2, 0.25) is 0 Å². The lowest BCUT2D eigenvalue weighted by Crippen LogP contribution is -2.57. The molecule has 1 unspecified atom stereocenters. The quantitative estimate of drug-likeness (QED) is 0.866. The number of carbonyl (C=O) groups is 1. The van der Waals surface area contributed by atoms with Crippen LogP contribution in [0.3, 0.4) is 0 Å². The Balaban J connectivity index is 1.44. The van der Waals surface area contributed by atoms with E-state index in [4.69, 9.17) is 16.3 Å². The van der Waals surface area contributed by atoms with Gasteiger partial charge in [0.05, 0.1) is 0 Å². The van der Waals surface area contributed by atoms with Gasteiger partial charge in [-0.2, -0.15) is 0 Å². The third kappa shape index (κ3) is 3.31. The largest absolute Gasteiger partial charge is 0.381 e. The van der Waals surface area contributed by atoms with E-state index in [0.717, 1.165) is 43.6 Å². The van der Waals surface area contributed by atoms with E-state index >= 15 is 0 Å². The van der Waals surface area contributed by atoms with E-state index in [-0.39, 0.29) is 17.4 Å². The first kappa shape index (κ1) is 16.6. The predicted molar refractivity (Wildman–Crippen MR) is 99.9 cm³/mol. The zero-order valence-corrected chi connectivity index (χ0v) is 14.9. The molecule has 2 aromatic carbocycles. The normalized spacial score (nSPS) is 21.6. The molecule has 1 atom stereocenters. The molecule has 1 heterocycles. The second-order valence-corrected chi connectivity index (χ2v) is 7.56. The summed E-state index contributed by atoms with van der Waals surface area (Å²) in [6.45, 7) is 1.64. The van der Waals surface area contributed by atoms with Gasteiger partial charge in [-0.15, -0.1) is 0 Å². The minimum Gasteiger partial charge on any atom is -0.381 e. The number of carbonyl (C=O) groups excluding carboxylic acids is 1. The second-order valence-electron chi connectivity index (χ2n) is 7.13. The van der Waals surface area contributed by atoms with E-state index in [0.29, 0.717) is 10.6 Å². The molecule has 1 N–H and O–H groups in total. The summed E-state index contributed by atoms with van der Waals surface area (Å²) in [5.41, 5.74) is 3.09. The highest BCUT2D eigenvalue weighted by atomic mass is 35.5. The molecule has 0 aromatic heterocycles. The molecule has 25 heavy (non-hydrogen) atoms. The zero-order valence-electron chi connectivity index (χ0n) is 14.1. The lowest BCUT2D eigenvalue weighted by Gasteiger charge is -2.52. The van der Waals surface area contributed by atoms with Gasteiger partial charge in [-0.25, -0.2) is 0 Å². The van der Waals surface area contributed by atoms with E-state index in [9.17, 15) is 4.79 Å². The fourth-order valence-corrected chi connectivity index (χ4v) is 4.21. The molecule has 2 fully saturated rings. The van der Waals surface area contributed by atoms with Crippen LogP contribution in [0.15, 0.2) is 48.5 Å². The molecule has 4 heteroatoms. The van der Waals surface area contributed by atoms with Crippen molar-refractivity contribution in [1.29, 1.82) is 0 Å². The van der Waals surface area contributed by atoms with Gasteiger partial charge >= 0.3 is 0 Å². The Bertz CT molecular complexity index is 766. The van der Waals surface area contributed by atoms with Crippen LogP contribution in [0.2, 0.25) is 5.02 Å². The predicted octanol–water partition coefficient (Wildman–Crippen LogP) is 4.70. The van der Waals surface area contributed by atoms with Crippen molar-refractivity contribution in [2.75, 3.05) is 13.2 Å². The third-order valence-electron chi connectivity index (χ3n) is 5.77. The topological polar surface area (TPSA) is 38.3 Å². The fraction of sp³-hybridized carbons (Fsp3) is 0.381. The molecule has 1 aliphatic heterocycles. The zero-order chi connectivity index (χ0) is 17.3. The van der Waals surface area contributed by atoms with E-state index in [2.05, 4.69) is 5.32 Å². The van der Waals surface area contributed by atoms with Crippen molar-refractivity contribution >= 4 is 17.5 Å². The van der Waals surface area contributed by atoms with Crippen LogP contribution in [0.5, 0.6) is 0 Å². The summed E-state index contributed by atoms with van der Waals surface area (Å²) < 4.78 is 5.48. The molecule has 2 aliphatic rings. The highest BCUT2D eigenvalue weighted by Gasteiger charge is 2.47. The standard InChI is InChI=1S/C21H22ClNO2/c22-18-3-1-2-17(14-18)15-4-6-16(7-5-15)20(24)23-19-8-9-21(19)10-12-25-13-11-21/h1-7,14,19H,8-13H2,(H,23,24). The van der Waals surface area contributed by atoms with Crippen LogP contribution in [0.1, 0.15) is 36.0 Å². The van der Waals surface area contributed by atoms with Crippen LogP contribution in [-0.2, 0) is 4.74 Å². The number of rotatable bonds is 3. The highest BCUT2D eigenvalue weighted by Crippen LogP contribution is 2.48. The number of nitrogens with one attached hydrogen (secondary N) is 1. The SMILES string of the molecule is O=C(NC1CCC12CCOCC2)c1ccc(-c2cccc(Cl)c2)cc1. The maximum atomic E-state index is 12.6. The molecule has 1 saturated heterocycles. The average molecular weight is 356 g/mol. The van der Waals surface area contributed by atoms with Crippen molar-refractivity contribution in [1.82, 2.24) is 5.32 Å². The van der Waals surface area contributed by atoms with Crippen LogP contribution in [0, 0.1) is 5.41 Å². The minimum atomic E-state index is 0.0215. The summed E-state index contributed by atoms with van der Waals surface area (Å²) in [4.78, 5) is 12.6. The van der Waals surface area contributed by atoms with Gasteiger partial charge in [-0.05, 0) is 66.5 Å². The first-order valence-electron chi connectivity index (χ1n) is 8.91. The van der Waals surface area contributed by atoms with Crippen molar-refractivity contribution < 1.29 is 9.53 Å². The van der Waals surface area contributed by atoms with E-state index in [1.165, 1.54) is 6.42 Å². The Kier molecular flexibility index (Phi) is 4.53. The first-order chi connectivity index (χ1) is 12.2. The molecule has 1 spiro atoms. The number of ether oxygens (including phenoxy) is 1.